The summed E-state index contributed by atoms with van der Waals surface area (Å²) in [6.45, 7) is 5.79. The van der Waals surface area contributed by atoms with Crippen LogP contribution in [-0.4, -0.2) is 31.5 Å². The van der Waals surface area contributed by atoms with Crippen molar-refractivity contribution in [2.45, 2.75) is 13.8 Å². The smallest absolute Gasteiger partial charge is 0.252 e. The lowest BCUT2D eigenvalue weighted by Crippen LogP contribution is -2.38. The van der Waals surface area contributed by atoms with Gasteiger partial charge >= 0.3 is 0 Å². The monoisotopic (exact) mass is 296 g/mol. The molecule has 0 fully saturated rings. The minimum atomic E-state index is -0.199. The Labute approximate surface area is 124 Å². The van der Waals surface area contributed by atoms with E-state index in [-0.39, 0.29) is 5.91 Å². The highest BCUT2D eigenvalue weighted by molar-refractivity contribution is 6.33. The molecule has 1 amide bonds. The van der Waals surface area contributed by atoms with E-state index in [1.54, 1.807) is 24.3 Å². The van der Waals surface area contributed by atoms with E-state index in [2.05, 4.69) is 29.5 Å². The van der Waals surface area contributed by atoms with Crippen LogP contribution in [-0.2, 0) is 0 Å². The Bertz CT molecular complexity index is 474. The molecule has 0 aromatic heterocycles. The first-order valence-corrected chi connectivity index (χ1v) is 6.95. The number of hydrogen-bond acceptors (Lipinski definition) is 2. The number of amides is 1. The van der Waals surface area contributed by atoms with Gasteiger partial charge in [-0.3, -0.25) is 9.79 Å². The zero-order valence-electron chi connectivity index (χ0n) is 11.8. The second-order valence-corrected chi connectivity index (χ2v) is 5.19. The quantitative estimate of drug-likeness (QED) is 0.424. The van der Waals surface area contributed by atoms with Crippen molar-refractivity contribution >= 4 is 23.5 Å². The van der Waals surface area contributed by atoms with Crippen LogP contribution in [0.4, 0.5) is 0 Å². The first kappa shape index (κ1) is 16.3. The maximum absolute atomic E-state index is 11.8. The molecule has 1 rings (SSSR count). The van der Waals surface area contributed by atoms with Crippen molar-refractivity contribution in [1.29, 1.82) is 0 Å². The summed E-state index contributed by atoms with van der Waals surface area (Å²) in [6, 6.07) is 6.93. The maximum atomic E-state index is 11.8. The molecule has 0 heterocycles. The summed E-state index contributed by atoms with van der Waals surface area (Å²) < 4.78 is 0. The van der Waals surface area contributed by atoms with Crippen LogP contribution < -0.4 is 16.4 Å². The van der Waals surface area contributed by atoms with E-state index in [9.17, 15) is 4.79 Å². The van der Waals surface area contributed by atoms with E-state index in [1.807, 2.05) is 0 Å². The lowest BCUT2D eigenvalue weighted by molar-refractivity contribution is 0.0954. The fourth-order valence-electron chi connectivity index (χ4n) is 1.44. The van der Waals surface area contributed by atoms with Crippen LogP contribution >= 0.6 is 11.6 Å². The molecule has 1 aromatic rings. The summed E-state index contributed by atoms with van der Waals surface area (Å²) in [5, 5.41) is 6.14. The average Bonchev–Trinajstić information content (AvgIpc) is 2.41. The zero-order valence-corrected chi connectivity index (χ0v) is 12.6. The standard InChI is InChI=1S/C14H21ClN4O/c1-10(2)9-19-14(16)18-8-7-17-13(20)11-5-3-4-6-12(11)15/h3-6,10H,7-9H2,1-2H3,(H,17,20)(H3,16,18,19). The van der Waals surface area contributed by atoms with Gasteiger partial charge in [0.15, 0.2) is 5.96 Å². The molecule has 1 aromatic carbocycles. The number of hydrogen-bond donors (Lipinski definition) is 3. The fraction of sp³-hybridized carbons (Fsp3) is 0.429. The maximum Gasteiger partial charge on any atom is 0.252 e. The molecule has 0 atom stereocenters. The predicted molar refractivity (Wildman–Crippen MR) is 83.1 cm³/mol. The van der Waals surface area contributed by atoms with Crippen LogP contribution in [0.1, 0.15) is 24.2 Å². The van der Waals surface area contributed by atoms with E-state index < -0.39 is 0 Å². The van der Waals surface area contributed by atoms with Crippen LogP contribution in [0.2, 0.25) is 5.02 Å². The van der Waals surface area contributed by atoms with E-state index in [4.69, 9.17) is 17.3 Å². The van der Waals surface area contributed by atoms with Gasteiger partial charge in [0, 0.05) is 19.6 Å². The molecule has 0 saturated carbocycles. The summed E-state index contributed by atoms with van der Waals surface area (Å²) in [4.78, 5) is 16.0. The van der Waals surface area contributed by atoms with Gasteiger partial charge in [-0.15, -0.1) is 0 Å². The number of nitrogens with one attached hydrogen (secondary N) is 2. The Morgan fingerprint density at radius 1 is 1.30 bits per heavy atom. The largest absolute Gasteiger partial charge is 0.370 e. The van der Waals surface area contributed by atoms with Crippen LogP contribution in [0.3, 0.4) is 0 Å². The lowest BCUT2D eigenvalue weighted by atomic mass is 10.2. The molecular weight excluding hydrogens is 276 g/mol. The highest BCUT2D eigenvalue weighted by Crippen LogP contribution is 2.14. The molecule has 0 bridgehead atoms. The minimum absolute atomic E-state index is 0.199. The number of halogens is 1. The van der Waals surface area contributed by atoms with E-state index >= 15 is 0 Å². The van der Waals surface area contributed by atoms with Crippen LogP contribution in [0.5, 0.6) is 0 Å². The number of carbonyl (C=O) groups is 1. The van der Waals surface area contributed by atoms with Gasteiger partial charge in [-0.05, 0) is 18.1 Å². The average molecular weight is 297 g/mol. The van der Waals surface area contributed by atoms with E-state index in [0.717, 1.165) is 0 Å². The number of nitrogens with zero attached hydrogens (tertiary/aromatic N) is 1. The van der Waals surface area contributed by atoms with E-state index in [1.165, 1.54) is 0 Å². The molecule has 20 heavy (non-hydrogen) atoms. The topological polar surface area (TPSA) is 79.5 Å². The number of carbonyl (C=O) groups excluding carboxylic acids is 1. The van der Waals surface area contributed by atoms with Gasteiger partial charge in [-0.2, -0.15) is 0 Å². The normalized spacial score (nSPS) is 11.5. The molecular formula is C14H21ClN4O. The van der Waals surface area contributed by atoms with Gasteiger partial charge in [-0.25, -0.2) is 0 Å². The molecule has 5 nitrogen and oxygen atoms in total. The van der Waals surface area contributed by atoms with E-state index in [0.29, 0.717) is 42.1 Å². The van der Waals surface area contributed by atoms with Crippen molar-refractivity contribution in [3.8, 4) is 0 Å². The highest BCUT2D eigenvalue weighted by Gasteiger charge is 2.08. The Hall–Kier alpha value is -1.75. The third-order valence-electron chi connectivity index (χ3n) is 2.46. The Balaban J connectivity index is 2.30. The van der Waals surface area contributed by atoms with Crippen molar-refractivity contribution in [3.63, 3.8) is 0 Å². The summed E-state index contributed by atoms with van der Waals surface area (Å²) in [7, 11) is 0. The number of guanidine groups is 1. The second kappa shape index (κ2) is 8.43. The molecule has 110 valence electrons. The molecule has 0 unspecified atom stereocenters. The molecule has 0 aliphatic heterocycles. The first-order chi connectivity index (χ1) is 9.50. The molecule has 0 saturated heterocycles. The summed E-state index contributed by atoms with van der Waals surface area (Å²) in [5.41, 5.74) is 6.15. The summed E-state index contributed by atoms with van der Waals surface area (Å²) in [5.74, 6) is 0.663. The van der Waals surface area contributed by atoms with Crippen molar-refractivity contribution < 1.29 is 4.79 Å². The van der Waals surface area contributed by atoms with Crippen molar-refractivity contribution in [2.75, 3.05) is 19.6 Å². The van der Waals surface area contributed by atoms with Gasteiger partial charge in [0.1, 0.15) is 0 Å². The molecule has 4 N–H and O–H groups in total. The molecule has 0 aliphatic carbocycles. The number of aliphatic imine (C=N–C) groups is 1. The molecule has 0 aliphatic rings. The van der Waals surface area contributed by atoms with Gasteiger partial charge in [0.25, 0.3) is 5.91 Å². The van der Waals surface area contributed by atoms with Crippen LogP contribution in [0.15, 0.2) is 29.3 Å². The molecule has 0 radical (unpaired) electrons. The SMILES string of the molecule is CC(C)CN=C(N)NCCNC(=O)c1ccccc1Cl. The van der Waals surface area contributed by atoms with Crippen molar-refractivity contribution in [2.24, 2.45) is 16.6 Å². The fourth-order valence-corrected chi connectivity index (χ4v) is 1.67. The molecule has 6 heteroatoms. The third kappa shape index (κ3) is 5.93. The summed E-state index contributed by atoms with van der Waals surface area (Å²) in [6.07, 6.45) is 0. The van der Waals surface area contributed by atoms with Crippen LogP contribution in [0, 0.1) is 5.92 Å². The highest BCUT2D eigenvalue weighted by atomic mass is 35.5. The minimum Gasteiger partial charge on any atom is -0.370 e. The Morgan fingerprint density at radius 3 is 2.60 bits per heavy atom. The lowest BCUT2D eigenvalue weighted by Gasteiger charge is -2.08. The Kier molecular flexibility index (Phi) is 6.87. The molecule has 0 spiro atoms. The van der Waals surface area contributed by atoms with Gasteiger partial charge in [0.2, 0.25) is 0 Å². The van der Waals surface area contributed by atoms with Crippen molar-refractivity contribution in [3.05, 3.63) is 34.9 Å². The van der Waals surface area contributed by atoms with Gasteiger partial charge < -0.3 is 16.4 Å². The zero-order chi connectivity index (χ0) is 15.0. The number of nitrogens with two attached hydrogens (primary N) is 1. The number of benzene rings is 1. The predicted octanol–water partition coefficient (Wildman–Crippen LogP) is 1.63. The van der Waals surface area contributed by atoms with Gasteiger partial charge in [-0.1, -0.05) is 37.6 Å². The van der Waals surface area contributed by atoms with Crippen molar-refractivity contribution in [1.82, 2.24) is 10.6 Å². The second-order valence-electron chi connectivity index (χ2n) is 4.78. The van der Waals surface area contributed by atoms with Crippen LogP contribution in [0.25, 0.3) is 0 Å². The Morgan fingerprint density at radius 2 is 1.95 bits per heavy atom. The van der Waals surface area contributed by atoms with Gasteiger partial charge in [0.05, 0.1) is 10.6 Å². The summed E-state index contributed by atoms with van der Waals surface area (Å²) >= 11 is 5.94. The third-order valence-corrected chi connectivity index (χ3v) is 2.79. The number of rotatable bonds is 6. The first-order valence-electron chi connectivity index (χ1n) is 6.57.